The van der Waals surface area contributed by atoms with Crippen molar-refractivity contribution >= 4 is 10.8 Å². The topological polar surface area (TPSA) is 33.0 Å². The fourth-order valence-electron chi connectivity index (χ4n) is 1.39. The van der Waals surface area contributed by atoms with Crippen molar-refractivity contribution in [1.29, 1.82) is 5.26 Å². The first-order chi connectivity index (χ1) is 6.85. The number of fused-ring (bicyclic) bond motifs is 1. The smallest absolute Gasteiger partial charge is 0.145 e. The van der Waals surface area contributed by atoms with Gasteiger partial charge in [-0.2, -0.15) is 5.26 Å². The molecule has 0 saturated heterocycles. The Morgan fingerprint density at radius 3 is 2.86 bits per heavy atom. The summed E-state index contributed by atoms with van der Waals surface area (Å²) in [6, 6.07) is 14.7. The molecular weight excluding hydrogens is 174 g/mol. The summed E-state index contributed by atoms with van der Waals surface area (Å²) in [5.74, 6) is 0.506. The molecule has 2 aromatic carbocycles. The number of methoxy groups -OCH3 is 1. The van der Waals surface area contributed by atoms with Crippen LogP contribution in [0.15, 0.2) is 30.3 Å². The number of rotatable bonds is 1. The molecule has 0 amide bonds. The molecule has 0 aliphatic rings. The molecule has 0 aromatic heterocycles. The van der Waals surface area contributed by atoms with Crippen LogP contribution in [0, 0.1) is 17.4 Å². The van der Waals surface area contributed by atoms with Crippen molar-refractivity contribution in [2.45, 2.75) is 0 Å². The normalized spacial score (nSPS) is 9.71. The number of benzene rings is 2. The molecule has 0 N–H and O–H groups in total. The highest BCUT2D eigenvalue weighted by Gasteiger charge is 2.04. The third-order valence-corrected chi connectivity index (χ3v) is 2.08. The predicted octanol–water partition coefficient (Wildman–Crippen LogP) is 2.52. The second-order valence-electron chi connectivity index (χ2n) is 2.92. The minimum absolute atomic E-state index is 0.506. The van der Waals surface area contributed by atoms with E-state index in [1.54, 1.807) is 7.11 Å². The summed E-state index contributed by atoms with van der Waals surface area (Å²) in [5, 5.41) is 10.8. The fourth-order valence-corrected chi connectivity index (χ4v) is 1.39. The molecular formula is C12H8NO. The van der Waals surface area contributed by atoms with Gasteiger partial charge in [-0.15, -0.1) is 0 Å². The summed E-state index contributed by atoms with van der Waals surface area (Å²) in [6.07, 6.45) is 0. The van der Waals surface area contributed by atoms with E-state index in [-0.39, 0.29) is 0 Å². The van der Waals surface area contributed by atoms with Crippen molar-refractivity contribution in [3.63, 3.8) is 0 Å². The lowest BCUT2D eigenvalue weighted by atomic mass is 10.1. The van der Waals surface area contributed by atoms with Gasteiger partial charge in [0.25, 0.3) is 0 Å². The lowest BCUT2D eigenvalue weighted by Gasteiger charge is -2.03. The van der Waals surface area contributed by atoms with E-state index in [1.165, 1.54) is 0 Å². The van der Waals surface area contributed by atoms with Crippen LogP contribution >= 0.6 is 0 Å². The van der Waals surface area contributed by atoms with Gasteiger partial charge < -0.3 is 4.74 Å². The molecule has 2 rings (SSSR count). The van der Waals surface area contributed by atoms with E-state index >= 15 is 0 Å². The van der Waals surface area contributed by atoms with Crippen LogP contribution in [-0.4, -0.2) is 7.11 Å². The van der Waals surface area contributed by atoms with Crippen molar-refractivity contribution in [3.05, 3.63) is 42.0 Å². The molecule has 14 heavy (non-hydrogen) atoms. The maximum absolute atomic E-state index is 8.86. The zero-order valence-corrected chi connectivity index (χ0v) is 7.74. The molecule has 0 aliphatic carbocycles. The monoisotopic (exact) mass is 182 g/mol. The average Bonchev–Trinajstić information content (AvgIpc) is 2.27. The summed E-state index contributed by atoms with van der Waals surface area (Å²) >= 11 is 0. The minimum atomic E-state index is 0.506. The Morgan fingerprint density at radius 1 is 1.36 bits per heavy atom. The maximum atomic E-state index is 8.86. The van der Waals surface area contributed by atoms with Gasteiger partial charge in [-0.3, -0.25) is 0 Å². The van der Waals surface area contributed by atoms with Crippen LogP contribution in [0.4, 0.5) is 0 Å². The first kappa shape index (κ1) is 8.58. The predicted molar refractivity (Wildman–Crippen MR) is 54.1 cm³/mol. The van der Waals surface area contributed by atoms with Crippen LogP contribution in [0.2, 0.25) is 0 Å². The second kappa shape index (κ2) is 3.39. The number of ether oxygens (including phenoxy) is 1. The van der Waals surface area contributed by atoms with E-state index in [2.05, 4.69) is 12.1 Å². The molecule has 1 radical (unpaired) electrons. The Balaban J connectivity index is 2.77. The summed E-state index contributed by atoms with van der Waals surface area (Å²) in [4.78, 5) is 0. The number of nitriles is 1. The van der Waals surface area contributed by atoms with Crippen molar-refractivity contribution in [1.82, 2.24) is 0 Å². The van der Waals surface area contributed by atoms with Gasteiger partial charge in [-0.1, -0.05) is 24.3 Å². The molecule has 0 heterocycles. The van der Waals surface area contributed by atoms with E-state index in [0.29, 0.717) is 11.3 Å². The van der Waals surface area contributed by atoms with Gasteiger partial charge in [-0.25, -0.2) is 0 Å². The first-order valence-electron chi connectivity index (χ1n) is 4.24. The van der Waals surface area contributed by atoms with Crippen LogP contribution in [-0.2, 0) is 0 Å². The molecule has 0 bridgehead atoms. The van der Waals surface area contributed by atoms with Crippen LogP contribution in [0.1, 0.15) is 5.56 Å². The van der Waals surface area contributed by atoms with Gasteiger partial charge >= 0.3 is 0 Å². The Hall–Kier alpha value is -2.01. The molecule has 0 atom stereocenters. The second-order valence-corrected chi connectivity index (χ2v) is 2.92. The van der Waals surface area contributed by atoms with Crippen LogP contribution in [0.3, 0.4) is 0 Å². The standard InChI is InChI=1S/C12H8NO/c1-14-12-7-10-5-3-2-4-9(10)6-11(12)8-13/h2-6H,1H3. The fraction of sp³-hybridized carbons (Fsp3) is 0.0833. The molecule has 2 nitrogen and oxygen atoms in total. The summed E-state index contributed by atoms with van der Waals surface area (Å²) in [7, 11) is 1.54. The maximum Gasteiger partial charge on any atom is 0.145 e. The van der Waals surface area contributed by atoms with Gasteiger partial charge in [0, 0.05) is 6.07 Å². The Kier molecular flexibility index (Phi) is 2.08. The SMILES string of the molecule is COc1[c]c2ccccc2cc1C#N. The van der Waals surface area contributed by atoms with E-state index < -0.39 is 0 Å². The van der Waals surface area contributed by atoms with Gasteiger partial charge in [0.15, 0.2) is 0 Å². The lowest BCUT2D eigenvalue weighted by molar-refractivity contribution is 0.413. The van der Waals surface area contributed by atoms with Gasteiger partial charge in [0.1, 0.15) is 11.8 Å². The van der Waals surface area contributed by atoms with E-state index in [0.717, 1.165) is 10.8 Å². The zero-order chi connectivity index (χ0) is 9.97. The van der Waals surface area contributed by atoms with Crippen molar-refractivity contribution in [2.75, 3.05) is 7.11 Å². The Morgan fingerprint density at radius 2 is 2.14 bits per heavy atom. The zero-order valence-electron chi connectivity index (χ0n) is 7.74. The molecule has 0 spiro atoms. The third kappa shape index (κ3) is 1.29. The molecule has 0 aliphatic heterocycles. The summed E-state index contributed by atoms with van der Waals surface area (Å²) in [5.41, 5.74) is 0.520. The number of hydrogen-bond acceptors (Lipinski definition) is 2. The highest BCUT2D eigenvalue weighted by Crippen LogP contribution is 2.24. The Labute approximate surface area is 82.3 Å². The average molecular weight is 182 g/mol. The van der Waals surface area contributed by atoms with E-state index in [4.69, 9.17) is 10.00 Å². The van der Waals surface area contributed by atoms with E-state index in [9.17, 15) is 0 Å². The molecule has 0 unspecified atom stereocenters. The Bertz CT molecular complexity index is 511. The van der Waals surface area contributed by atoms with Crippen LogP contribution in [0.5, 0.6) is 5.75 Å². The summed E-state index contributed by atoms with van der Waals surface area (Å²) < 4.78 is 5.07. The highest BCUT2D eigenvalue weighted by atomic mass is 16.5. The van der Waals surface area contributed by atoms with Crippen molar-refractivity contribution in [2.24, 2.45) is 0 Å². The molecule has 0 saturated carbocycles. The molecule has 2 heteroatoms. The highest BCUT2D eigenvalue weighted by molar-refractivity contribution is 5.85. The number of hydrogen-bond donors (Lipinski definition) is 0. The van der Waals surface area contributed by atoms with Crippen molar-refractivity contribution in [3.8, 4) is 11.8 Å². The van der Waals surface area contributed by atoms with E-state index in [1.807, 2.05) is 30.3 Å². The largest absolute Gasteiger partial charge is 0.495 e. The first-order valence-corrected chi connectivity index (χ1v) is 4.24. The molecule has 67 valence electrons. The van der Waals surface area contributed by atoms with Crippen LogP contribution < -0.4 is 4.74 Å². The third-order valence-electron chi connectivity index (χ3n) is 2.08. The van der Waals surface area contributed by atoms with Gasteiger partial charge in [-0.05, 0) is 16.8 Å². The van der Waals surface area contributed by atoms with Crippen LogP contribution in [0.25, 0.3) is 10.8 Å². The number of nitrogens with zero attached hydrogens (tertiary/aromatic N) is 1. The lowest BCUT2D eigenvalue weighted by Crippen LogP contribution is -1.88. The van der Waals surface area contributed by atoms with Crippen molar-refractivity contribution < 1.29 is 4.74 Å². The van der Waals surface area contributed by atoms with Gasteiger partial charge in [0.05, 0.1) is 12.7 Å². The van der Waals surface area contributed by atoms with Gasteiger partial charge in [0.2, 0.25) is 0 Å². The quantitative estimate of drug-likeness (QED) is 0.678. The summed E-state index contributed by atoms with van der Waals surface area (Å²) in [6.45, 7) is 0. The molecule has 0 fully saturated rings. The molecule has 2 aromatic rings. The minimum Gasteiger partial charge on any atom is -0.495 e.